The molecule has 174 valence electrons. The van der Waals surface area contributed by atoms with E-state index in [1.807, 2.05) is 37.5 Å². The number of carbonyl (C=O) groups excluding carboxylic acids is 2. The van der Waals surface area contributed by atoms with Crippen molar-refractivity contribution in [2.24, 2.45) is 16.8 Å². The summed E-state index contributed by atoms with van der Waals surface area (Å²) in [5.74, 6) is 1.10. The van der Waals surface area contributed by atoms with Crippen LogP contribution in [0.4, 0.5) is 0 Å². The van der Waals surface area contributed by atoms with E-state index in [9.17, 15) is 9.59 Å². The number of amides is 1. The Morgan fingerprint density at radius 2 is 2.12 bits per heavy atom. The molecule has 6 nitrogen and oxygen atoms in total. The summed E-state index contributed by atoms with van der Waals surface area (Å²) in [4.78, 5) is 32.9. The molecule has 4 aliphatic rings. The molecule has 2 bridgehead atoms. The molecular formula is C26H31N3O3S. The number of ether oxygens (including phenoxy) is 1. The number of rotatable bonds is 6. The highest BCUT2D eigenvalue weighted by Crippen LogP contribution is 2.46. The van der Waals surface area contributed by atoms with Gasteiger partial charge in [-0.05, 0) is 55.4 Å². The number of benzene rings is 1. The normalized spacial score (nSPS) is 27.9. The van der Waals surface area contributed by atoms with Gasteiger partial charge in [-0.2, -0.15) is 0 Å². The molecule has 33 heavy (non-hydrogen) atoms. The van der Waals surface area contributed by atoms with Gasteiger partial charge in [-0.1, -0.05) is 54.9 Å². The van der Waals surface area contributed by atoms with Gasteiger partial charge in [-0.25, -0.2) is 9.79 Å². The Bertz CT molecular complexity index is 1080. The van der Waals surface area contributed by atoms with Gasteiger partial charge in [0.05, 0.1) is 30.8 Å². The van der Waals surface area contributed by atoms with E-state index in [-0.39, 0.29) is 24.3 Å². The van der Waals surface area contributed by atoms with Crippen LogP contribution in [0.15, 0.2) is 51.6 Å². The maximum Gasteiger partial charge on any atom is 0.338 e. The predicted octanol–water partition coefficient (Wildman–Crippen LogP) is 4.83. The van der Waals surface area contributed by atoms with Crippen molar-refractivity contribution < 1.29 is 14.3 Å². The monoisotopic (exact) mass is 465 g/mol. The van der Waals surface area contributed by atoms with Crippen molar-refractivity contribution >= 4 is 28.8 Å². The average Bonchev–Trinajstić information content (AvgIpc) is 3.53. The summed E-state index contributed by atoms with van der Waals surface area (Å²) in [6.45, 7) is 4.05. The number of methoxy groups -OCH3 is 1. The molecule has 0 unspecified atom stereocenters. The quantitative estimate of drug-likeness (QED) is 0.610. The maximum absolute atomic E-state index is 13.1. The highest BCUT2D eigenvalue weighted by atomic mass is 32.2. The molecule has 2 fully saturated rings. The first-order valence-corrected chi connectivity index (χ1v) is 12.8. The summed E-state index contributed by atoms with van der Waals surface area (Å²) < 4.78 is 5.19. The number of hydrogen-bond donors (Lipinski definition) is 1. The number of aliphatic imine (C=N–C) groups is 1. The zero-order valence-corrected chi connectivity index (χ0v) is 20.3. The highest BCUT2D eigenvalue weighted by Gasteiger charge is 2.43. The Balaban J connectivity index is 1.44. The predicted molar refractivity (Wildman–Crippen MR) is 130 cm³/mol. The SMILES string of the molecule is CCC1=C(C(=O)OC)[C@@H](c2cccc(C)c2)N2C(CC(=O)N[C@@H]3C[C@H]4CC[C@H]3C4)=CSC2=N1. The van der Waals surface area contributed by atoms with E-state index < -0.39 is 0 Å². The second kappa shape index (κ2) is 9.01. The minimum Gasteiger partial charge on any atom is -0.466 e. The number of hydrogen-bond acceptors (Lipinski definition) is 6. The molecule has 0 spiro atoms. The number of fused-ring (bicyclic) bond motifs is 3. The third kappa shape index (κ3) is 4.12. The second-order valence-corrected chi connectivity index (χ2v) is 10.4. The zero-order valence-electron chi connectivity index (χ0n) is 19.5. The lowest BCUT2D eigenvalue weighted by atomic mass is 9.92. The van der Waals surface area contributed by atoms with Crippen molar-refractivity contribution in [3.8, 4) is 0 Å². The molecule has 1 N–H and O–H groups in total. The van der Waals surface area contributed by atoms with Crippen LogP contribution in [0.3, 0.4) is 0 Å². The Morgan fingerprint density at radius 1 is 1.27 bits per heavy atom. The minimum atomic E-state index is -0.371. The highest BCUT2D eigenvalue weighted by molar-refractivity contribution is 8.16. The third-order valence-corrected chi connectivity index (χ3v) is 8.30. The van der Waals surface area contributed by atoms with Crippen LogP contribution >= 0.6 is 11.8 Å². The number of nitrogens with zero attached hydrogens (tertiary/aromatic N) is 2. The molecule has 1 amide bonds. The van der Waals surface area contributed by atoms with Crippen molar-refractivity contribution in [3.05, 3.63) is 57.8 Å². The van der Waals surface area contributed by atoms with Crippen LogP contribution in [0.25, 0.3) is 0 Å². The lowest BCUT2D eigenvalue weighted by molar-refractivity contribution is -0.136. The smallest absolute Gasteiger partial charge is 0.338 e. The van der Waals surface area contributed by atoms with Crippen LogP contribution in [-0.4, -0.2) is 35.1 Å². The topological polar surface area (TPSA) is 71.0 Å². The number of carbonyl (C=O) groups is 2. The standard InChI is InChI=1S/C26H31N3O3S/c1-4-20-23(25(31)32-3)24(18-7-5-6-15(2)10-18)29-19(14-33-26(29)28-20)13-22(30)27-21-12-16-8-9-17(21)11-16/h5-7,10,14,16-17,21,24H,4,8-9,11-13H2,1-3H3,(H,27,30)/t16-,17-,21+,24+/m0/s1. The van der Waals surface area contributed by atoms with Gasteiger partial charge in [-0.3, -0.25) is 4.79 Å². The second-order valence-electron chi connectivity index (χ2n) is 9.54. The molecule has 1 aromatic rings. The summed E-state index contributed by atoms with van der Waals surface area (Å²) in [5.41, 5.74) is 4.29. The van der Waals surface area contributed by atoms with Crippen LogP contribution < -0.4 is 5.32 Å². The van der Waals surface area contributed by atoms with Gasteiger partial charge < -0.3 is 15.0 Å². The molecule has 5 rings (SSSR count). The Morgan fingerprint density at radius 3 is 2.79 bits per heavy atom. The molecule has 2 aliphatic heterocycles. The summed E-state index contributed by atoms with van der Waals surface area (Å²) in [6.07, 6.45) is 5.83. The molecule has 0 radical (unpaired) electrons. The first kappa shape index (κ1) is 22.3. The fourth-order valence-corrected chi connectivity index (χ4v) is 6.85. The van der Waals surface area contributed by atoms with Gasteiger partial charge >= 0.3 is 5.97 Å². The van der Waals surface area contributed by atoms with Crippen LogP contribution in [-0.2, 0) is 14.3 Å². The van der Waals surface area contributed by atoms with Gasteiger partial charge in [0.15, 0.2) is 5.17 Å². The van der Waals surface area contributed by atoms with Gasteiger partial charge in [0, 0.05) is 11.7 Å². The fraction of sp³-hybridized carbons (Fsp3) is 0.500. The van der Waals surface area contributed by atoms with Crippen molar-refractivity contribution in [1.82, 2.24) is 10.2 Å². The molecule has 2 aliphatic carbocycles. The van der Waals surface area contributed by atoms with Gasteiger partial charge in [0.1, 0.15) is 0 Å². The summed E-state index contributed by atoms with van der Waals surface area (Å²) in [6, 6.07) is 8.13. The van der Waals surface area contributed by atoms with Crippen molar-refractivity contribution in [2.75, 3.05) is 7.11 Å². The van der Waals surface area contributed by atoms with Crippen LogP contribution in [0, 0.1) is 18.8 Å². The fourth-order valence-electron chi connectivity index (χ4n) is 5.91. The number of allylic oxidation sites excluding steroid dienone is 1. The molecule has 4 atom stereocenters. The minimum absolute atomic E-state index is 0.0496. The lowest BCUT2D eigenvalue weighted by Gasteiger charge is -2.36. The number of aryl methyl sites for hydroxylation is 1. The van der Waals surface area contributed by atoms with E-state index in [1.165, 1.54) is 38.1 Å². The maximum atomic E-state index is 13.1. The largest absolute Gasteiger partial charge is 0.466 e. The lowest BCUT2D eigenvalue weighted by Crippen LogP contribution is -2.41. The van der Waals surface area contributed by atoms with E-state index in [1.54, 1.807) is 0 Å². The van der Waals surface area contributed by atoms with E-state index in [2.05, 4.69) is 16.3 Å². The van der Waals surface area contributed by atoms with Crippen molar-refractivity contribution in [2.45, 2.75) is 64.5 Å². The molecule has 2 saturated carbocycles. The Kier molecular flexibility index (Phi) is 6.08. The van der Waals surface area contributed by atoms with Crippen LogP contribution in [0.1, 0.15) is 62.6 Å². The van der Waals surface area contributed by atoms with Crippen LogP contribution in [0.5, 0.6) is 0 Å². The van der Waals surface area contributed by atoms with E-state index in [4.69, 9.17) is 9.73 Å². The van der Waals surface area contributed by atoms with E-state index >= 15 is 0 Å². The number of amidine groups is 1. The molecule has 0 saturated heterocycles. The first-order valence-electron chi connectivity index (χ1n) is 11.9. The summed E-state index contributed by atoms with van der Waals surface area (Å²) >= 11 is 1.52. The molecule has 0 aromatic heterocycles. The first-order chi connectivity index (χ1) is 16.0. The van der Waals surface area contributed by atoms with Gasteiger partial charge in [0.25, 0.3) is 0 Å². The summed E-state index contributed by atoms with van der Waals surface area (Å²) in [5, 5.41) is 6.13. The molecule has 7 heteroatoms. The van der Waals surface area contributed by atoms with E-state index in [0.717, 1.165) is 40.0 Å². The molecular weight excluding hydrogens is 434 g/mol. The Labute approximate surface area is 199 Å². The molecule has 1 aromatic carbocycles. The third-order valence-electron chi connectivity index (χ3n) is 7.41. The number of nitrogens with one attached hydrogen (secondary N) is 1. The van der Waals surface area contributed by atoms with Crippen molar-refractivity contribution in [3.63, 3.8) is 0 Å². The molecule has 2 heterocycles. The average molecular weight is 466 g/mol. The Hall–Kier alpha value is -2.54. The number of thioether (sulfide) groups is 1. The summed E-state index contributed by atoms with van der Waals surface area (Å²) in [7, 11) is 1.41. The van der Waals surface area contributed by atoms with Crippen molar-refractivity contribution in [1.29, 1.82) is 0 Å². The van der Waals surface area contributed by atoms with Crippen LogP contribution in [0.2, 0.25) is 0 Å². The van der Waals surface area contributed by atoms with E-state index in [0.29, 0.717) is 24.0 Å². The van der Waals surface area contributed by atoms with Gasteiger partial charge in [-0.15, -0.1) is 0 Å². The van der Waals surface area contributed by atoms with Gasteiger partial charge in [0.2, 0.25) is 5.91 Å². The number of esters is 1. The zero-order chi connectivity index (χ0) is 23.1.